The smallest absolute Gasteiger partial charge is 0.260 e. The minimum atomic E-state index is -0.103. The van der Waals surface area contributed by atoms with Gasteiger partial charge in [-0.2, -0.15) is 11.8 Å². The van der Waals surface area contributed by atoms with Crippen molar-refractivity contribution in [2.24, 2.45) is 0 Å². The van der Waals surface area contributed by atoms with Crippen molar-refractivity contribution in [1.82, 2.24) is 9.97 Å². The maximum atomic E-state index is 12.5. The van der Waals surface area contributed by atoms with Gasteiger partial charge in [0.2, 0.25) is 0 Å². The molecule has 0 atom stereocenters. The minimum absolute atomic E-state index is 0.0115. The van der Waals surface area contributed by atoms with Crippen molar-refractivity contribution >= 4 is 44.9 Å². The number of hydrogen-bond acceptors (Lipinski definition) is 5. The molecule has 0 bridgehead atoms. The van der Waals surface area contributed by atoms with Crippen LogP contribution >= 0.6 is 34.7 Å². The van der Waals surface area contributed by atoms with E-state index in [9.17, 15) is 9.90 Å². The number of hydrogen-bond donors (Lipinski definition) is 2. The van der Waals surface area contributed by atoms with E-state index in [2.05, 4.69) is 9.97 Å². The van der Waals surface area contributed by atoms with E-state index in [0.717, 1.165) is 33.7 Å². The SMILES string of the molecule is O=c1[nH]c(-c2ccc(O)c(Cl)c2)nc2sc3c(c12)CCSC3. The zero-order valence-electron chi connectivity index (χ0n) is 11.4. The highest BCUT2D eigenvalue weighted by molar-refractivity contribution is 7.98. The number of aromatic amines is 1. The predicted octanol–water partition coefficient (Wildman–Crippen LogP) is 3.80. The molecule has 0 aliphatic carbocycles. The zero-order chi connectivity index (χ0) is 15.3. The monoisotopic (exact) mass is 350 g/mol. The number of fused-ring (bicyclic) bond motifs is 3. The lowest BCUT2D eigenvalue weighted by atomic mass is 10.1. The lowest BCUT2D eigenvalue weighted by Crippen LogP contribution is -2.11. The van der Waals surface area contributed by atoms with Crippen molar-refractivity contribution in [2.45, 2.75) is 12.2 Å². The first-order valence-corrected chi connectivity index (χ1v) is 9.09. The van der Waals surface area contributed by atoms with Gasteiger partial charge in [-0.25, -0.2) is 4.98 Å². The zero-order valence-corrected chi connectivity index (χ0v) is 13.7. The van der Waals surface area contributed by atoms with Crippen molar-refractivity contribution in [1.29, 1.82) is 0 Å². The number of benzene rings is 1. The summed E-state index contributed by atoms with van der Waals surface area (Å²) >= 11 is 9.42. The molecule has 7 heteroatoms. The normalized spacial score (nSPS) is 14.2. The van der Waals surface area contributed by atoms with Crippen molar-refractivity contribution in [3.63, 3.8) is 0 Å². The number of aromatic hydroxyl groups is 1. The fourth-order valence-electron chi connectivity index (χ4n) is 2.62. The Morgan fingerprint density at radius 2 is 2.23 bits per heavy atom. The number of H-pyrrole nitrogens is 1. The summed E-state index contributed by atoms with van der Waals surface area (Å²) in [4.78, 5) is 21.9. The molecule has 2 aromatic heterocycles. The molecule has 3 heterocycles. The Hall–Kier alpha value is -1.50. The van der Waals surface area contributed by atoms with Gasteiger partial charge in [0.25, 0.3) is 5.56 Å². The van der Waals surface area contributed by atoms with Crippen LogP contribution in [0.3, 0.4) is 0 Å². The molecule has 0 radical (unpaired) electrons. The van der Waals surface area contributed by atoms with Crippen LogP contribution < -0.4 is 5.56 Å². The summed E-state index contributed by atoms with van der Waals surface area (Å²) in [5.41, 5.74) is 1.74. The minimum Gasteiger partial charge on any atom is -0.506 e. The van der Waals surface area contributed by atoms with E-state index in [1.807, 2.05) is 11.8 Å². The first-order chi connectivity index (χ1) is 10.6. The molecule has 0 fully saturated rings. The number of nitrogens with zero attached hydrogens (tertiary/aromatic N) is 1. The number of aromatic nitrogens is 2. The highest BCUT2D eigenvalue weighted by atomic mass is 35.5. The summed E-state index contributed by atoms with van der Waals surface area (Å²) in [5.74, 6) is 2.49. The van der Waals surface area contributed by atoms with Crippen LogP contribution in [0.2, 0.25) is 5.02 Å². The number of phenolic OH excluding ortho intramolecular Hbond substituents is 1. The van der Waals surface area contributed by atoms with E-state index < -0.39 is 0 Å². The Morgan fingerprint density at radius 3 is 3.05 bits per heavy atom. The predicted molar refractivity (Wildman–Crippen MR) is 92.2 cm³/mol. The third-order valence-electron chi connectivity index (χ3n) is 3.70. The van der Waals surface area contributed by atoms with E-state index in [1.54, 1.807) is 23.5 Å². The average Bonchev–Trinajstić information content (AvgIpc) is 2.88. The van der Waals surface area contributed by atoms with Gasteiger partial charge in [-0.15, -0.1) is 11.3 Å². The molecule has 4 rings (SSSR count). The number of thioether (sulfide) groups is 1. The van der Waals surface area contributed by atoms with Crippen LogP contribution in [0.15, 0.2) is 23.0 Å². The second-order valence-corrected chi connectivity index (χ2v) is 7.66. The molecule has 1 aliphatic heterocycles. The molecule has 22 heavy (non-hydrogen) atoms. The number of rotatable bonds is 1. The Bertz CT molecular complexity index is 949. The van der Waals surface area contributed by atoms with Crippen molar-refractivity contribution in [3.8, 4) is 17.1 Å². The van der Waals surface area contributed by atoms with E-state index in [1.165, 1.54) is 10.9 Å². The summed E-state index contributed by atoms with van der Waals surface area (Å²) < 4.78 is 0. The Balaban J connectivity index is 1.93. The maximum absolute atomic E-state index is 12.5. The van der Waals surface area contributed by atoms with Crippen molar-refractivity contribution in [3.05, 3.63) is 44.0 Å². The van der Waals surface area contributed by atoms with Gasteiger partial charge in [-0.1, -0.05) is 11.6 Å². The number of thiophene rings is 1. The summed E-state index contributed by atoms with van der Waals surface area (Å²) in [5, 5.41) is 10.5. The van der Waals surface area contributed by atoms with Crippen molar-refractivity contribution < 1.29 is 5.11 Å². The molecule has 112 valence electrons. The highest BCUT2D eigenvalue weighted by Crippen LogP contribution is 2.36. The molecule has 0 unspecified atom stereocenters. The van der Waals surface area contributed by atoms with Gasteiger partial charge in [0.05, 0.1) is 10.4 Å². The van der Waals surface area contributed by atoms with Crippen molar-refractivity contribution in [2.75, 3.05) is 5.75 Å². The molecular weight excluding hydrogens is 340 g/mol. The van der Waals surface area contributed by atoms with Gasteiger partial charge in [0.15, 0.2) is 0 Å². The average molecular weight is 351 g/mol. The maximum Gasteiger partial charge on any atom is 0.260 e. The number of halogens is 1. The Kier molecular flexibility index (Phi) is 3.40. The molecular formula is C15H11ClN2O2S2. The third-order valence-corrected chi connectivity index (χ3v) is 6.29. The van der Waals surface area contributed by atoms with Gasteiger partial charge in [-0.3, -0.25) is 4.79 Å². The van der Waals surface area contributed by atoms with E-state index >= 15 is 0 Å². The summed E-state index contributed by atoms with van der Waals surface area (Å²) in [6.45, 7) is 0. The Labute approximate surface area is 139 Å². The van der Waals surface area contributed by atoms with Gasteiger partial charge in [0, 0.05) is 16.2 Å². The molecule has 4 nitrogen and oxygen atoms in total. The lowest BCUT2D eigenvalue weighted by molar-refractivity contribution is 0.475. The molecule has 2 N–H and O–H groups in total. The standard InChI is InChI=1S/C15H11ClN2O2S2/c16-9-5-7(1-2-10(9)19)13-17-14(20)12-8-3-4-21-6-11(8)22-15(12)18-13/h1-2,5,19H,3-4,6H2,(H,17,18,20). The van der Waals surface area contributed by atoms with Gasteiger partial charge >= 0.3 is 0 Å². The van der Waals surface area contributed by atoms with E-state index in [0.29, 0.717) is 11.4 Å². The van der Waals surface area contributed by atoms with Gasteiger partial charge in [-0.05, 0) is 35.9 Å². The molecule has 3 aromatic rings. The van der Waals surface area contributed by atoms with Crippen LogP contribution in [0.4, 0.5) is 0 Å². The summed E-state index contributed by atoms with van der Waals surface area (Å²) in [6, 6.07) is 4.79. The fraction of sp³-hybridized carbons (Fsp3) is 0.200. The number of aryl methyl sites for hydroxylation is 1. The van der Waals surface area contributed by atoms with E-state index in [-0.39, 0.29) is 16.3 Å². The second-order valence-electron chi connectivity index (χ2n) is 5.07. The van der Waals surface area contributed by atoms with Gasteiger partial charge in [0.1, 0.15) is 16.4 Å². The molecule has 0 saturated heterocycles. The van der Waals surface area contributed by atoms with Crippen LogP contribution in [0, 0.1) is 0 Å². The summed E-state index contributed by atoms with van der Waals surface area (Å²) in [6.07, 6.45) is 0.926. The molecule has 1 aromatic carbocycles. The van der Waals surface area contributed by atoms with Crippen LogP contribution in [0.25, 0.3) is 21.6 Å². The topological polar surface area (TPSA) is 66.0 Å². The van der Waals surface area contributed by atoms with Gasteiger partial charge < -0.3 is 10.1 Å². The number of nitrogens with one attached hydrogen (secondary N) is 1. The lowest BCUT2D eigenvalue weighted by Gasteiger charge is -2.09. The second kappa shape index (κ2) is 5.30. The van der Waals surface area contributed by atoms with Crippen LogP contribution in [-0.4, -0.2) is 20.8 Å². The number of phenols is 1. The van der Waals surface area contributed by atoms with E-state index in [4.69, 9.17) is 11.6 Å². The fourth-order valence-corrected chi connectivity index (χ4v) is 5.16. The quantitative estimate of drug-likeness (QED) is 0.700. The van der Waals surface area contributed by atoms with Crippen LogP contribution in [0.1, 0.15) is 10.4 Å². The van der Waals surface area contributed by atoms with Crippen LogP contribution in [0.5, 0.6) is 5.75 Å². The largest absolute Gasteiger partial charge is 0.506 e. The highest BCUT2D eigenvalue weighted by Gasteiger charge is 2.20. The Morgan fingerprint density at radius 1 is 1.36 bits per heavy atom. The molecule has 0 spiro atoms. The first kappa shape index (κ1) is 14.1. The third kappa shape index (κ3) is 2.22. The van der Waals surface area contributed by atoms with Crippen LogP contribution in [-0.2, 0) is 12.2 Å². The molecule has 0 amide bonds. The molecule has 0 saturated carbocycles. The summed E-state index contributed by atoms with van der Waals surface area (Å²) in [7, 11) is 0. The first-order valence-electron chi connectivity index (χ1n) is 6.74. The molecule has 1 aliphatic rings.